The molecule has 12 rings (SSSR count). The molecule has 0 aliphatic carbocycles. The van der Waals surface area contributed by atoms with Crippen LogP contribution in [0.3, 0.4) is 0 Å². The van der Waals surface area contributed by atoms with E-state index in [4.69, 9.17) is 31.5 Å². The maximum atomic E-state index is 8.01. The summed E-state index contributed by atoms with van der Waals surface area (Å²) in [4.78, 5) is 0. The first-order valence-corrected chi connectivity index (χ1v) is 34.8. The lowest BCUT2D eigenvalue weighted by Crippen LogP contribution is -2.12. The van der Waals surface area contributed by atoms with Gasteiger partial charge in [0.25, 0.3) is 0 Å². The lowest BCUT2D eigenvalue weighted by atomic mass is 9.81. The van der Waals surface area contributed by atoms with E-state index in [0.29, 0.717) is 27.8 Å². The Kier molecular flexibility index (Phi) is 22.5. The van der Waals surface area contributed by atoms with Gasteiger partial charge >= 0.3 is 0 Å². The molecule has 102 heavy (non-hydrogen) atoms. The van der Waals surface area contributed by atoms with Crippen LogP contribution in [0.25, 0.3) is 44.5 Å². The number of rotatable bonds is 9. The summed E-state index contributed by atoms with van der Waals surface area (Å²) in [6.07, 6.45) is 0. The van der Waals surface area contributed by atoms with Crippen molar-refractivity contribution in [3.63, 3.8) is 0 Å². The van der Waals surface area contributed by atoms with Crippen molar-refractivity contribution < 1.29 is 31.5 Å². The van der Waals surface area contributed by atoms with E-state index in [1.165, 1.54) is 22.8 Å². The van der Waals surface area contributed by atoms with Crippen LogP contribution in [0.5, 0.6) is 0 Å². The van der Waals surface area contributed by atoms with E-state index in [1.54, 1.807) is 73.7 Å². The summed E-state index contributed by atoms with van der Waals surface area (Å²) in [6.45, 7) is 18.6. The lowest BCUT2D eigenvalue weighted by molar-refractivity contribution is 0.592. The predicted molar refractivity (Wildman–Crippen MR) is 455 cm³/mol. The fraction of sp³-hybridized carbons (Fsp3) is 0.294. The van der Waals surface area contributed by atoms with Crippen molar-refractivity contribution >= 4 is 0 Å². The van der Waals surface area contributed by atoms with Crippen LogP contribution in [-0.4, -0.2) is 0 Å². The average molecular weight is 1370 g/mol. The van der Waals surface area contributed by atoms with Gasteiger partial charge in [-0.1, -0.05) is 414 Å². The standard InChI is InChI=1S/C17H20.3C14H14.C13H20.3C10H14/c1-13-10-11-16(17(2,3)4)15(12-13)14-8-6-5-7-9-14;1-11-8-12(2)10-14(9-11)13-6-4-3-5-7-13;1-11-8-9-14(10-12(11)2)13-6-4-3-5-7-13;1-11-8-9-12(2)14(10-11)13-6-4-3-5-7-13;1-9(2)12-6-11(5)7-13(8-12)10(3)4;1-8(2)10-6-4-9(3)5-7-10;1-8(2)10-6-4-5-9(3)7-10;1-8(2)10-7-5-4-6-9(10)3/h5-12H,1-4H3;3*3-10H,1-2H3;6-10H,1-5H3;3*4-8H,1-3H3/i2D3,3D3,4D3;2*1D3;2D3;9D,10D;3*8D. The maximum Gasteiger partial charge on any atom is 0.0347 e. The Bertz CT molecular complexity index is 5280. The second-order valence-corrected chi connectivity index (χ2v) is 27.1. The van der Waals surface area contributed by atoms with E-state index < -0.39 is 76.0 Å². The van der Waals surface area contributed by atoms with Crippen molar-refractivity contribution in [2.75, 3.05) is 0 Å². The van der Waals surface area contributed by atoms with Crippen LogP contribution in [0.2, 0.25) is 0 Å². The molecule has 0 aliphatic heterocycles. The van der Waals surface area contributed by atoms with E-state index in [2.05, 4.69) is 26.0 Å². The lowest BCUT2D eigenvalue weighted by Gasteiger charge is -2.23. The Hall–Kier alpha value is -9.36. The van der Waals surface area contributed by atoms with Crippen molar-refractivity contribution in [1.29, 1.82) is 0 Å². The molecule has 0 unspecified atom stereocenters. The normalized spacial score (nSPS) is 15.2. The Morgan fingerprint density at radius 3 is 1.13 bits per heavy atom. The molecule has 0 saturated carbocycles. The van der Waals surface area contributed by atoms with Crippen molar-refractivity contribution in [1.82, 2.24) is 0 Å². The molecule has 0 nitrogen and oxygen atoms in total. The van der Waals surface area contributed by atoms with Crippen molar-refractivity contribution in [2.45, 2.75) is 201 Å². The molecular formula is C102H124. The van der Waals surface area contributed by atoms with Gasteiger partial charge in [-0.3, -0.25) is 0 Å². The average Bonchev–Trinajstić information content (AvgIpc) is 0.699. The van der Waals surface area contributed by atoms with Gasteiger partial charge < -0.3 is 0 Å². The fourth-order valence-corrected chi connectivity index (χ4v) is 10.7. The Morgan fingerprint density at radius 1 is 0.235 bits per heavy atom. The van der Waals surface area contributed by atoms with Crippen molar-refractivity contribution in [2.24, 2.45) is 0 Å². The second-order valence-electron chi connectivity index (χ2n) is 27.1. The molecule has 0 radical (unpaired) electrons. The van der Waals surface area contributed by atoms with Crippen molar-refractivity contribution in [3.05, 3.63) is 380 Å². The molecule has 0 saturated heterocycles. The molecular weight excluding hydrogens is 1230 g/mol. The van der Waals surface area contributed by atoms with E-state index in [-0.39, 0.29) is 5.56 Å². The highest BCUT2D eigenvalue weighted by molar-refractivity contribution is 5.70. The summed E-state index contributed by atoms with van der Waals surface area (Å²) in [5.74, 6) is -2.58. The number of benzene rings is 12. The highest BCUT2D eigenvalue weighted by atomic mass is 14.2. The number of aryl methyl sites for hydroxylation is 11. The Labute approximate surface area is 653 Å². The van der Waals surface area contributed by atoms with E-state index in [1.807, 2.05) is 304 Å². The van der Waals surface area contributed by atoms with Gasteiger partial charge in [-0.25, -0.2) is 0 Å². The number of hydrogen-bond donors (Lipinski definition) is 0. The van der Waals surface area contributed by atoms with Gasteiger partial charge in [-0.15, -0.1) is 0 Å². The topological polar surface area (TPSA) is 0 Å². The first-order chi connectivity index (χ1) is 57.3. The van der Waals surface area contributed by atoms with Crippen molar-refractivity contribution in [3.8, 4) is 44.5 Å². The highest BCUT2D eigenvalue weighted by Gasteiger charge is 2.19. The van der Waals surface area contributed by atoms with E-state index >= 15 is 0 Å². The van der Waals surface area contributed by atoms with Gasteiger partial charge in [-0.05, 0) is 211 Å². The zero-order valence-electron chi connectivity index (χ0n) is 86.6. The van der Waals surface area contributed by atoms with E-state index in [9.17, 15) is 0 Å². The molecule has 0 bridgehead atoms. The Morgan fingerprint density at radius 2 is 0.667 bits per heavy atom. The summed E-state index contributed by atoms with van der Waals surface area (Å²) in [5, 5.41) is 0. The van der Waals surface area contributed by atoms with Crippen LogP contribution in [0.1, 0.15) is 245 Å². The molecule has 0 aromatic heterocycles. The summed E-state index contributed by atoms with van der Waals surface area (Å²) >= 11 is 0. The zero-order chi connectivity index (χ0) is 94.7. The third-order valence-corrected chi connectivity index (χ3v) is 16.6. The molecule has 0 amide bonds. The zero-order valence-corrected chi connectivity index (χ0v) is 63.6. The molecule has 0 heteroatoms. The summed E-state index contributed by atoms with van der Waals surface area (Å²) in [7, 11) is 0. The van der Waals surface area contributed by atoms with E-state index in [0.717, 1.165) is 89.0 Å². The van der Waals surface area contributed by atoms with Crippen LogP contribution in [-0.2, 0) is 5.41 Å². The molecule has 0 N–H and O–H groups in total. The summed E-state index contributed by atoms with van der Waals surface area (Å²) < 4.78 is 178. The maximum absolute atomic E-state index is 8.01. The third-order valence-electron chi connectivity index (χ3n) is 16.6. The molecule has 0 fully saturated rings. The van der Waals surface area contributed by atoms with Crippen LogP contribution < -0.4 is 0 Å². The van der Waals surface area contributed by atoms with Crippen LogP contribution in [0.15, 0.2) is 285 Å². The predicted octanol–water partition coefficient (Wildman–Crippen LogP) is 30.5. The van der Waals surface area contributed by atoms with Gasteiger partial charge in [0.1, 0.15) is 0 Å². The monoisotopic (exact) mass is 1370 g/mol. The SMILES string of the molecule is [2H]C(C)(C)c1cc(C)cc(C([2H])(C)C)c1.[2H]C(C)(C)c1ccc(C)cc1.[2H]C(C)(C)c1cccc(C)c1.[2H]C(C)(C)c1ccccc1C.[2H]C([2H])([2H])C(c1ccc(C)cc1-c1ccccc1)(C([2H])([2H])[2H])C([2H])([2H])[2H].[2H]C([2H])([2H])c1cc(C)cc(-c2ccccc2)c1.[2H]C([2H])([2H])c1ccc(-c2ccccc2)cc1C.[2H]C([2H])([2H])c1ccc(C)cc1-c1ccccc1. The summed E-state index contributed by atoms with van der Waals surface area (Å²) in [6, 6.07) is 89.3. The van der Waals surface area contributed by atoms with Gasteiger partial charge in [-0.2, -0.15) is 0 Å². The van der Waals surface area contributed by atoms with Gasteiger partial charge in [0, 0.05) is 31.5 Å². The number of hydrogen-bond acceptors (Lipinski definition) is 0. The molecule has 0 spiro atoms. The molecule has 0 aliphatic rings. The molecule has 12 aromatic carbocycles. The molecule has 12 aromatic rings. The Balaban J connectivity index is 0.000000258. The van der Waals surface area contributed by atoms with Gasteiger partial charge in [0.15, 0.2) is 0 Å². The summed E-state index contributed by atoms with van der Waals surface area (Å²) in [5.41, 5.74) is 18.4. The quantitative estimate of drug-likeness (QED) is 0.135. The fourth-order valence-electron chi connectivity index (χ4n) is 10.7. The van der Waals surface area contributed by atoms with Gasteiger partial charge in [0.05, 0.1) is 0 Å². The molecule has 0 heterocycles. The highest BCUT2D eigenvalue weighted by Crippen LogP contribution is 2.34. The smallest absolute Gasteiger partial charge is 0.0347 e. The van der Waals surface area contributed by atoms with Crippen LogP contribution in [0.4, 0.5) is 0 Å². The van der Waals surface area contributed by atoms with Crippen LogP contribution >= 0.6 is 0 Å². The minimum Gasteiger partial charge on any atom is -0.0622 e. The minimum absolute atomic E-state index is 0.214. The largest absolute Gasteiger partial charge is 0.0622 e. The first kappa shape index (κ1) is 54.4. The van der Waals surface area contributed by atoms with Gasteiger partial charge in [0.2, 0.25) is 0 Å². The second kappa shape index (κ2) is 42.2. The molecule has 0 atom stereocenters. The molecule has 532 valence electrons. The first-order valence-electron chi connectivity index (χ1n) is 46.3. The third kappa shape index (κ3) is 28.9. The van der Waals surface area contributed by atoms with Crippen LogP contribution in [0, 0.1) is 75.9 Å². The minimum atomic E-state index is -3.28.